The van der Waals surface area contributed by atoms with Gasteiger partial charge in [-0.2, -0.15) is 0 Å². The van der Waals surface area contributed by atoms with E-state index in [-0.39, 0.29) is 5.41 Å². The van der Waals surface area contributed by atoms with Gasteiger partial charge in [-0.05, 0) is 43.5 Å². The van der Waals surface area contributed by atoms with Crippen LogP contribution in [0.15, 0.2) is 18.2 Å². The van der Waals surface area contributed by atoms with Gasteiger partial charge in [-0.1, -0.05) is 13.0 Å². The van der Waals surface area contributed by atoms with E-state index in [1.807, 2.05) is 6.07 Å². The molecule has 0 unspecified atom stereocenters. The van der Waals surface area contributed by atoms with Gasteiger partial charge in [-0.15, -0.1) is 0 Å². The van der Waals surface area contributed by atoms with Crippen molar-refractivity contribution in [2.45, 2.75) is 19.8 Å². The van der Waals surface area contributed by atoms with Crippen LogP contribution in [0.25, 0.3) is 0 Å². The van der Waals surface area contributed by atoms with Gasteiger partial charge in [0.1, 0.15) is 11.5 Å². The van der Waals surface area contributed by atoms with Crippen LogP contribution < -0.4 is 16.4 Å². The van der Waals surface area contributed by atoms with E-state index >= 15 is 0 Å². The molecule has 1 amide bonds. The van der Waals surface area contributed by atoms with E-state index in [0.717, 1.165) is 32.5 Å². The molecular formula is C13H20N4O. The molecule has 18 heavy (non-hydrogen) atoms. The molecule has 5 heteroatoms. The van der Waals surface area contributed by atoms with Gasteiger partial charge in [0.2, 0.25) is 0 Å². The molecule has 1 fully saturated rings. The summed E-state index contributed by atoms with van der Waals surface area (Å²) < 4.78 is 0. The normalized spacial score (nSPS) is 18.3. The number of nitrogens with zero attached hydrogens (tertiary/aromatic N) is 1. The third kappa shape index (κ3) is 3.20. The number of amides is 1. The molecule has 0 aromatic carbocycles. The Morgan fingerprint density at radius 3 is 2.89 bits per heavy atom. The smallest absolute Gasteiger partial charge is 0.267 e. The SMILES string of the molecule is CC1(CNc2cccc(C(N)=O)n2)CCNCC1. The summed E-state index contributed by atoms with van der Waals surface area (Å²) in [6.45, 7) is 5.27. The lowest BCUT2D eigenvalue weighted by molar-refractivity contribution is 0.0995. The summed E-state index contributed by atoms with van der Waals surface area (Å²) >= 11 is 0. The van der Waals surface area contributed by atoms with Gasteiger partial charge in [-0.25, -0.2) is 4.98 Å². The molecule has 5 nitrogen and oxygen atoms in total. The monoisotopic (exact) mass is 248 g/mol. The number of carbonyl (C=O) groups is 1. The summed E-state index contributed by atoms with van der Waals surface area (Å²) in [5, 5.41) is 6.66. The maximum absolute atomic E-state index is 11.0. The standard InChI is InChI=1S/C13H20N4O/c1-13(5-7-15-8-6-13)9-16-11-4-2-3-10(17-11)12(14)18/h2-4,15H,5-9H2,1H3,(H2,14,18)(H,16,17). The first-order chi connectivity index (χ1) is 8.59. The lowest BCUT2D eigenvalue weighted by Crippen LogP contribution is -2.39. The van der Waals surface area contributed by atoms with E-state index in [4.69, 9.17) is 5.73 Å². The van der Waals surface area contributed by atoms with Crippen LogP contribution in [0.3, 0.4) is 0 Å². The van der Waals surface area contributed by atoms with E-state index < -0.39 is 5.91 Å². The first kappa shape index (κ1) is 12.8. The van der Waals surface area contributed by atoms with Crippen molar-refractivity contribution in [2.75, 3.05) is 25.0 Å². The molecule has 0 atom stereocenters. The maximum Gasteiger partial charge on any atom is 0.267 e. The summed E-state index contributed by atoms with van der Waals surface area (Å²) in [6.07, 6.45) is 2.30. The third-order valence-electron chi connectivity index (χ3n) is 3.51. The van der Waals surface area contributed by atoms with Crippen molar-refractivity contribution in [1.29, 1.82) is 0 Å². The Balaban J connectivity index is 1.97. The largest absolute Gasteiger partial charge is 0.370 e. The molecule has 2 heterocycles. The Kier molecular flexibility index (Phi) is 3.81. The maximum atomic E-state index is 11.0. The second-order valence-corrected chi connectivity index (χ2v) is 5.19. The highest BCUT2D eigenvalue weighted by atomic mass is 16.1. The molecule has 4 N–H and O–H groups in total. The summed E-state index contributed by atoms with van der Waals surface area (Å²) in [6, 6.07) is 5.27. The van der Waals surface area contributed by atoms with Crippen LogP contribution >= 0.6 is 0 Å². The lowest BCUT2D eigenvalue weighted by Gasteiger charge is -2.34. The first-order valence-electron chi connectivity index (χ1n) is 6.31. The number of hydrogen-bond donors (Lipinski definition) is 3. The predicted molar refractivity (Wildman–Crippen MR) is 71.5 cm³/mol. The van der Waals surface area contributed by atoms with Crippen molar-refractivity contribution < 1.29 is 4.79 Å². The van der Waals surface area contributed by atoms with Gasteiger partial charge in [0, 0.05) is 6.54 Å². The highest BCUT2D eigenvalue weighted by molar-refractivity contribution is 5.91. The zero-order chi connectivity index (χ0) is 13.0. The van der Waals surface area contributed by atoms with Crippen LogP contribution in [0, 0.1) is 5.41 Å². The fourth-order valence-electron chi connectivity index (χ4n) is 2.18. The number of primary amides is 1. The Hall–Kier alpha value is -1.62. The molecule has 1 aliphatic rings. The van der Waals surface area contributed by atoms with Gasteiger partial charge in [0.15, 0.2) is 0 Å². The third-order valence-corrected chi connectivity index (χ3v) is 3.51. The van der Waals surface area contributed by atoms with Crippen molar-refractivity contribution in [3.05, 3.63) is 23.9 Å². The van der Waals surface area contributed by atoms with Gasteiger partial charge in [0.05, 0.1) is 0 Å². The quantitative estimate of drug-likeness (QED) is 0.742. The summed E-state index contributed by atoms with van der Waals surface area (Å²) in [4.78, 5) is 15.2. The molecule has 0 bridgehead atoms. The number of piperidine rings is 1. The van der Waals surface area contributed by atoms with Crippen LogP contribution in [-0.4, -0.2) is 30.5 Å². The van der Waals surface area contributed by atoms with E-state index in [1.54, 1.807) is 12.1 Å². The van der Waals surface area contributed by atoms with Gasteiger partial charge in [0.25, 0.3) is 5.91 Å². The molecule has 0 spiro atoms. The zero-order valence-corrected chi connectivity index (χ0v) is 10.7. The minimum absolute atomic E-state index is 0.287. The number of anilines is 1. The Bertz CT molecular complexity index is 427. The fourth-order valence-corrected chi connectivity index (χ4v) is 2.18. The highest BCUT2D eigenvalue weighted by Crippen LogP contribution is 2.27. The van der Waals surface area contributed by atoms with Crippen LogP contribution in [0.1, 0.15) is 30.3 Å². The molecule has 0 radical (unpaired) electrons. The minimum atomic E-state index is -0.494. The second-order valence-electron chi connectivity index (χ2n) is 5.19. The summed E-state index contributed by atoms with van der Waals surface area (Å²) in [5.41, 5.74) is 5.80. The van der Waals surface area contributed by atoms with Crippen molar-refractivity contribution in [3.63, 3.8) is 0 Å². The van der Waals surface area contributed by atoms with Crippen molar-refractivity contribution in [1.82, 2.24) is 10.3 Å². The van der Waals surface area contributed by atoms with E-state index in [0.29, 0.717) is 11.5 Å². The van der Waals surface area contributed by atoms with Gasteiger partial charge >= 0.3 is 0 Å². The number of carbonyl (C=O) groups excluding carboxylic acids is 1. The highest BCUT2D eigenvalue weighted by Gasteiger charge is 2.26. The fraction of sp³-hybridized carbons (Fsp3) is 0.538. The average molecular weight is 248 g/mol. The van der Waals surface area contributed by atoms with E-state index in [9.17, 15) is 4.79 Å². The van der Waals surface area contributed by atoms with Crippen molar-refractivity contribution in [2.24, 2.45) is 11.1 Å². The summed E-state index contributed by atoms with van der Waals surface area (Å²) in [5.74, 6) is 0.220. The van der Waals surface area contributed by atoms with Crippen molar-refractivity contribution >= 4 is 11.7 Å². The Labute approximate surface area is 107 Å². The van der Waals surface area contributed by atoms with E-state index in [2.05, 4.69) is 22.5 Å². The molecule has 0 saturated carbocycles. The zero-order valence-electron chi connectivity index (χ0n) is 10.7. The van der Waals surface area contributed by atoms with Gasteiger partial charge < -0.3 is 16.4 Å². The predicted octanol–water partition coefficient (Wildman–Crippen LogP) is 0.982. The number of rotatable bonds is 4. The molecule has 2 rings (SSSR count). The Morgan fingerprint density at radius 2 is 2.22 bits per heavy atom. The topological polar surface area (TPSA) is 80.0 Å². The van der Waals surface area contributed by atoms with Crippen LogP contribution in [-0.2, 0) is 0 Å². The summed E-state index contributed by atoms with van der Waals surface area (Å²) in [7, 11) is 0. The van der Waals surface area contributed by atoms with Crippen LogP contribution in [0.5, 0.6) is 0 Å². The lowest BCUT2D eigenvalue weighted by atomic mass is 9.81. The molecule has 98 valence electrons. The molecule has 1 aromatic heterocycles. The number of nitrogens with one attached hydrogen (secondary N) is 2. The molecule has 1 aliphatic heterocycles. The van der Waals surface area contributed by atoms with E-state index in [1.165, 1.54) is 0 Å². The van der Waals surface area contributed by atoms with Crippen LogP contribution in [0.4, 0.5) is 5.82 Å². The Morgan fingerprint density at radius 1 is 1.50 bits per heavy atom. The molecule has 1 saturated heterocycles. The number of nitrogens with two attached hydrogens (primary N) is 1. The molecule has 0 aliphatic carbocycles. The second kappa shape index (κ2) is 5.35. The minimum Gasteiger partial charge on any atom is -0.370 e. The first-order valence-corrected chi connectivity index (χ1v) is 6.31. The number of hydrogen-bond acceptors (Lipinski definition) is 4. The number of aromatic nitrogens is 1. The molecule has 1 aromatic rings. The van der Waals surface area contributed by atoms with Crippen molar-refractivity contribution in [3.8, 4) is 0 Å². The number of pyridine rings is 1. The average Bonchev–Trinajstić information content (AvgIpc) is 2.38. The molecular weight excluding hydrogens is 228 g/mol. The van der Waals surface area contributed by atoms with Gasteiger partial charge in [-0.3, -0.25) is 4.79 Å². The van der Waals surface area contributed by atoms with Crippen LogP contribution in [0.2, 0.25) is 0 Å².